The molecule has 1 aliphatic rings. The van der Waals surface area contributed by atoms with Gasteiger partial charge in [-0.1, -0.05) is 13.0 Å². The summed E-state index contributed by atoms with van der Waals surface area (Å²) in [5.74, 6) is 0.992. The van der Waals surface area contributed by atoms with E-state index in [4.69, 9.17) is 0 Å². The quantitative estimate of drug-likeness (QED) is 0.777. The molecule has 0 saturated carbocycles. The summed E-state index contributed by atoms with van der Waals surface area (Å²) in [6, 6.07) is 6.01. The summed E-state index contributed by atoms with van der Waals surface area (Å²) in [4.78, 5) is 0. The van der Waals surface area contributed by atoms with Gasteiger partial charge in [0.25, 0.3) is 0 Å². The minimum absolute atomic E-state index is 0.412. The van der Waals surface area contributed by atoms with Crippen molar-refractivity contribution in [2.45, 2.75) is 32.1 Å². The molecule has 1 saturated heterocycles. The average molecular weight is 205 g/mol. The molecule has 2 rings (SSSR count). The molecule has 0 spiro atoms. The zero-order chi connectivity index (χ0) is 10.7. The Morgan fingerprint density at radius 1 is 1.40 bits per heavy atom. The van der Waals surface area contributed by atoms with Gasteiger partial charge in [-0.15, -0.1) is 0 Å². The number of rotatable bonds is 2. The van der Waals surface area contributed by atoms with Gasteiger partial charge in [0, 0.05) is 6.54 Å². The first-order valence-corrected chi connectivity index (χ1v) is 5.83. The van der Waals surface area contributed by atoms with E-state index in [0.29, 0.717) is 11.7 Å². The van der Waals surface area contributed by atoms with Crippen molar-refractivity contribution in [2.24, 2.45) is 0 Å². The van der Waals surface area contributed by atoms with E-state index < -0.39 is 0 Å². The van der Waals surface area contributed by atoms with Crippen LogP contribution in [0.15, 0.2) is 18.2 Å². The number of nitrogens with one attached hydrogen (secondary N) is 1. The standard InChI is InChI=1S/C13H19NO/c1-2-10-6-12(8-13(15)7-10)11-4-3-5-14-9-11/h6-8,11,14-15H,2-5,9H2,1H3. The molecule has 0 amide bonds. The fraction of sp³-hybridized carbons (Fsp3) is 0.538. The summed E-state index contributed by atoms with van der Waals surface area (Å²) in [5, 5.41) is 13.0. The zero-order valence-corrected chi connectivity index (χ0v) is 9.29. The lowest BCUT2D eigenvalue weighted by Crippen LogP contribution is -2.28. The molecule has 1 aromatic rings. The summed E-state index contributed by atoms with van der Waals surface area (Å²) in [7, 11) is 0. The lowest BCUT2D eigenvalue weighted by molar-refractivity contribution is 0.452. The predicted molar refractivity (Wildman–Crippen MR) is 62.3 cm³/mol. The number of piperidine rings is 1. The summed E-state index contributed by atoms with van der Waals surface area (Å²) >= 11 is 0. The van der Waals surface area contributed by atoms with Crippen molar-refractivity contribution in [3.8, 4) is 5.75 Å². The number of aromatic hydroxyl groups is 1. The minimum atomic E-state index is 0.412. The molecule has 1 aromatic carbocycles. The highest BCUT2D eigenvalue weighted by atomic mass is 16.3. The van der Waals surface area contributed by atoms with Gasteiger partial charge in [-0.05, 0) is 55.0 Å². The number of hydrogen-bond donors (Lipinski definition) is 2. The van der Waals surface area contributed by atoms with Crippen LogP contribution in [0.4, 0.5) is 0 Å². The van der Waals surface area contributed by atoms with Gasteiger partial charge in [0.15, 0.2) is 0 Å². The fourth-order valence-corrected chi connectivity index (χ4v) is 2.28. The molecule has 1 fully saturated rings. The average Bonchev–Trinajstić information content (AvgIpc) is 2.29. The van der Waals surface area contributed by atoms with E-state index in [1.807, 2.05) is 12.1 Å². The lowest BCUT2D eigenvalue weighted by Gasteiger charge is -2.23. The second-order valence-corrected chi connectivity index (χ2v) is 4.33. The first-order chi connectivity index (χ1) is 7.29. The second kappa shape index (κ2) is 4.67. The van der Waals surface area contributed by atoms with Crippen LogP contribution in [0.3, 0.4) is 0 Å². The zero-order valence-electron chi connectivity index (χ0n) is 9.29. The van der Waals surface area contributed by atoms with Crippen molar-refractivity contribution in [3.63, 3.8) is 0 Å². The second-order valence-electron chi connectivity index (χ2n) is 4.33. The molecule has 15 heavy (non-hydrogen) atoms. The molecule has 1 heterocycles. The molecule has 82 valence electrons. The molecular formula is C13H19NO. The van der Waals surface area contributed by atoms with Crippen molar-refractivity contribution < 1.29 is 5.11 Å². The van der Waals surface area contributed by atoms with Crippen LogP contribution in [-0.4, -0.2) is 18.2 Å². The van der Waals surface area contributed by atoms with Gasteiger partial charge in [0.05, 0.1) is 0 Å². The topological polar surface area (TPSA) is 32.3 Å². The molecule has 2 nitrogen and oxygen atoms in total. The van der Waals surface area contributed by atoms with Crippen molar-refractivity contribution in [1.29, 1.82) is 0 Å². The summed E-state index contributed by atoms with van der Waals surface area (Å²) in [6.07, 6.45) is 3.46. The molecule has 0 aromatic heterocycles. The molecule has 0 bridgehead atoms. The number of phenols is 1. The number of phenolic OH excluding ortho intramolecular Hbond substituents is 1. The smallest absolute Gasteiger partial charge is 0.116 e. The molecule has 1 atom stereocenters. The van der Waals surface area contributed by atoms with Crippen LogP contribution in [0.1, 0.15) is 36.8 Å². The fourth-order valence-electron chi connectivity index (χ4n) is 2.28. The van der Waals surface area contributed by atoms with Crippen LogP contribution in [0, 0.1) is 0 Å². The number of aryl methyl sites for hydroxylation is 1. The number of hydrogen-bond acceptors (Lipinski definition) is 2. The van der Waals surface area contributed by atoms with Crippen molar-refractivity contribution >= 4 is 0 Å². The van der Waals surface area contributed by atoms with Gasteiger partial charge in [-0.25, -0.2) is 0 Å². The third-order valence-corrected chi connectivity index (χ3v) is 3.18. The Hall–Kier alpha value is -1.02. The molecule has 2 heteroatoms. The Bertz CT molecular complexity index is 329. The van der Waals surface area contributed by atoms with Crippen LogP contribution < -0.4 is 5.32 Å². The maximum absolute atomic E-state index is 9.64. The van der Waals surface area contributed by atoms with E-state index in [2.05, 4.69) is 18.3 Å². The van der Waals surface area contributed by atoms with Crippen LogP contribution in [0.25, 0.3) is 0 Å². The maximum atomic E-state index is 9.64. The third-order valence-electron chi connectivity index (χ3n) is 3.18. The highest BCUT2D eigenvalue weighted by molar-refractivity contribution is 5.35. The predicted octanol–water partition coefficient (Wildman–Crippen LogP) is 2.42. The van der Waals surface area contributed by atoms with Crippen LogP contribution in [0.5, 0.6) is 5.75 Å². The van der Waals surface area contributed by atoms with Gasteiger partial charge in [0.1, 0.15) is 5.75 Å². The number of benzene rings is 1. The Kier molecular flexibility index (Phi) is 3.27. The van der Waals surface area contributed by atoms with Gasteiger partial charge >= 0.3 is 0 Å². The van der Waals surface area contributed by atoms with Gasteiger partial charge < -0.3 is 10.4 Å². The molecule has 0 radical (unpaired) electrons. The summed E-state index contributed by atoms with van der Waals surface area (Å²) < 4.78 is 0. The highest BCUT2D eigenvalue weighted by Crippen LogP contribution is 2.27. The van der Waals surface area contributed by atoms with Crippen LogP contribution >= 0.6 is 0 Å². The van der Waals surface area contributed by atoms with Crippen molar-refractivity contribution in [3.05, 3.63) is 29.3 Å². The summed E-state index contributed by atoms with van der Waals surface area (Å²) in [6.45, 7) is 4.31. The largest absolute Gasteiger partial charge is 0.508 e. The maximum Gasteiger partial charge on any atom is 0.116 e. The normalized spacial score (nSPS) is 21.5. The first kappa shape index (κ1) is 10.5. The first-order valence-electron chi connectivity index (χ1n) is 5.83. The Labute approximate surface area is 91.3 Å². The Morgan fingerprint density at radius 2 is 2.27 bits per heavy atom. The molecule has 2 N–H and O–H groups in total. The third kappa shape index (κ3) is 2.51. The summed E-state index contributed by atoms with van der Waals surface area (Å²) in [5.41, 5.74) is 2.52. The highest BCUT2D eigenvalue weighted by Gasteiger charge is 2.15. The van der Waals surface area contributed by atoms with E-state index in [9.17, 15) is 5.11 Å². The van der Waals surface area contributed by atoms with Gasteiger partial charge in [0.2, 0.25) is 0 Å². The van der Waals surface area contributed by atoms with E-state index >= 15 is 0 Å². The monoisotopic (exact) mass is 205 g/mol. The SMILES string of the molecule is CCc1cc(O)cc(C2CCCNC2)c1. The molecule has 1 aliphatic heterocycles. The minimum Gasteiger partial charge on any atom is -0.508 e. The molecule has 0 aliphatic carbocycles. The molecular weight excluding hydrogens is 186 g/mol. The Morgan fingerprint density at radius 3 is 2.93 bits per heavy atom. The lowest BCUT2D eigenvalue weighted by atomic mass is 9.90. The van der Waals surface area contributed by atoms with E-state index in [-0.39, 0.29) is 0 Å². The van der Waals surface area contributed by atoms with E-state index in [1.165, 1.54) is 24.0 Å². The van der Waals surface area contributed by atoms with Crippen LogP contribution in [0.2, 0.25) is 0 Å². The van der Waals surface area contributed by atoms with Crippen molar-refractivity contribution in [1.82, 2.24) is 5.32 Å². The van der Waals surface area contributed by atoms with Crippen LogP contribution in [-0.2, 0) is 6.42 Å². The molecule has 1 unspecified atom stereocenters. The van der Waals surface area contributed by atoms with E-state index in [1.54, 1.807) is 0 Å². The van der Waals surface area contributed by atoms with Gasteiger partial charge in [-0.3, -0.25) is 0 Å². The van der Waals surface area contributed by atoms with Crippen molar-refractivity contribution in [2.75, 3.05) is 13.1 Å². The van der Waals surface area contributed by atoms with Gasteiger partial charge in [-0.2, -0.15) is 0 Å². The van der Waals surface area contributed by atoms with E-state index in [0.717, 1.165) is 19.5 Å². The Balaban J connectivity index is 2.22.